The van der Waals surface area contributed by atoms with Crippen molar-refractivity contribution in [2.24, 2.45) is 5.73 Å². The molecule has 0 bridgehead atoms. The first-order valence-corrected chi connectivity index (χ1v) is 7.01. The Labute approximate surface area is 116 Å². The van der Waals surface area contributed by atoms with Crippen molar-refractivity contribution in [3.05, 3.63) is 23.4 Å². The van der Waals surface area contributed by atoms with Gasteiger partial charge in [0.2, 0.25) is 11.8 Å². The Balaban J connectivity index is 1.60. The van der Waals surface area contributed by atoms with Crippen molar-refractivity contribution < 1.29 is 9.05 Å². The lowest BCUT2D eigenvalue weighted by molar-refractivity contribution is 0.229. The van der Waals surface area contributed by atoms with Gasteiger partial charge in [-0.25, -0.2) is 0 Å². The number of hydrogen-bond donors (Lipinski definition) is 1. The molecule has 0 aliphatic heterocycles. The molecule has 0 saturated heterocycles. The maximum Gasteiger partial charge on any atom is 0.227 e. The van der Waals surface area contributed by atoms with E-state index in [1.165, 1.54) is 0 Å². The van der Waals surface area contributed by atoms with Gasteiger partial charge in [0.1, 0.15) is 0 Å². The van der Waals surface area contributed by atoms with Crippen LogP contribution >= 0.6 is 0 Å². The zero-order valence-electron chi connectivity index (χ0n) is 11.8. The van der Waals surface area contributed by atoms with Gasteiger partial charge in [0.05, 0.1) is 5.54 Å². The van der Waals surface area contributed by atoms with Crippen molar-refractivity contribution in [2.75, 3.05) is 0 Å². The van der Waals surface area contributed by atoms with Crippen LogP contribution in [0.15, 0.2) is 9.05 Å². The van der Waals surface area contributed by atoms with Gasteiger partial charge in [-0.15, -0.1) is 0 Å². The molecule has 3 rings (SSSR count). The second-order valence-electron chi connectivity index (χ2n) is 5.72. The van der Waals surface area contributed by atoms with Crippen LogP contribution in [0.2, 0.25) is 0 Å². The van der Waals surface area contributed by atoms with E-state index in [1.807, 2.05) is 13.8 Å². The number of nitrogens with two attached hydrogens (primary N) is 1. The first-order valence-electron chi connectivity index (χ1n) is 7.01. The van der Waals surface area contributed by atoms with Crippen LogP contribution in [-0.4, -0.2) is 20.3 Å². The van der Waals surface area contributed by atoms with Gasteiger partial charge in [0.25, 0.3) is 0 Å². The number of hydrogen-bond acceptors (Lipinski definition) is 7. The summed E-state index contributed by atoms with van der Waals surface area (Å²) in [6.07, 6.45) is 4.16. The Hall–Kier alpha value is -1.76. The molecule has 0 atom stereocenters. The summed E-state index contributed by atoms with van der Waals surface area (Å²) in [5.74, 6) is 2.77. The molecule has 108 valence electrons. The SMILES string of the molecule is CC(C)c1noc(CCc2nc(C3(N)CCC3)no2)n1. The van der Waals surface area contributed by atoms with E-state index in [4.69, 9.17) is 14.8 Å². The zero-order chi connectivity index (χ0) is 14.2. The van der Waals surface area contributed by atoms with E-state index in [0.29, 0.717) is 30.4 Å². The van der Waals surface area contributed by atoms with Crippen molar-refractivity contribution >= 4 is 0 Å². The summed E-state index contributed by atoms with van der Waals surface area (Å²) in [5, 5.41) is 7.90. The average molecular weight is 277 g/mol. The quantitative estimate of drug-likeness (QED) is 0.886. The summed E-state index contributed by atoms with van der Waals surface area (Å²) in [7, 11) is 0. The molecule has 0 unspecified atom stereocenters. The van der Waals surface area contributed by atoms with Crippen LogP contribution in [0.1, 0.15) is 62.5 Å². The van der Waals surface area contributed by atoms with Gasteiger partial charge in [0.15, 0.2) is 11.6 Å². The molecule has 7 nitrogen and oxygen atoms in total. The molecule has 1 aliphatic rings. The molecule has 0 spiro atoms. The molecule has 1 aliphatic carbocycles. The third kappa shape index (κ3) is 2.45. The first kappa shape index (κ1) is 13.2. The van der Waals surface area contributed by atoms with Crippen LogP contribution in [0.3, 0.4) is 0 Å². The highest BCUT2D eigenvalue weighted by atomic mass is 16.5. The van der Waals surface area contributed by atoms with Gasteiger partial charge in [0, 0.05) is 18.8 Å². The van der Waals surface area contributed by atoms with Crippen LogP contribution in [-0.2, 0) is 18.4 Å². The first-order chi connectivity index (χ1) is 9.57. The molecule has 2 aromatic rings. The fourth-order valence-electron chi connectivity index (χ4n) is 2.16. The van der Waals surface area contributed by atoms with Gasteiger partial charge in [-0.2, -0.15) is 9.97 Å². The molecule has 20 heavy (non-hydrogen) atoms. The van der Waals surface area contributed by atoms with Gasteiger partial charge in [-0.05, 0) is 19.3 Å². The van der Waals surface area contributed by atoms with Crippen LogP contribution < -0.4 is 5.73 Å². The summed E-state index contributed by atoms with van der Waals surface area (Å²) in [6.45, 7) is 4.05. The predicted octanol–water partition coefficient (Wildman–Crippen LogP) is 1.70. The Kier molecular flexibility index (Phi) is 3.29. The summed E-state index contributed by atoms with van der Waals surface area (Å²) < 4.78 is 10.4. The minimum absolute atomic E-state index is 0.262. The molecule has 2 heterocycles. The number of aryl methyl sites for hydroxylation is 2. The van der Waals surface area contributed by atoms with E-state index in [1.54, 1.807) is 0 Å². The summed E-state index contributed by atoms with van der Waals surface area (Å²) in [5.41, 5.74) is 5.78. The van der Waals surface area contributed by atoms with Crippen molar-refractivity contribution in [3.8, 4) is 0 Å². The largest absolute Gasteiger partial charge is 0.339 e. The Morgan fingerprint density at radius 1 is 1.10 bits per heavy atom. The fraction of sp³-hybridized carbons (Fsp3) is 0.692. The Morgan fingerprint density at radius 3 is 2.30 bits per heavy atom. The second kappa shape index (κ2) is 4.97. The fourth-order valence-corrected chi connectivity index (χ4v) is 2.16. The van der Waals surface area contributed by atoms with E-state index < -0.39 is 0 Å². The molecular weight excluding hydrogens is 258 g/mol. The standard InChI is InChI=1S/C13H19N5O2/c1-8(2)11-15-9(19-17-11)4-5-10-16-12(18-20-10)13(14)6-3-7-13/h8H,3-7,14H2,1-2H3. The highest BCUT2D eigenvalue weighted by Crippen LogP contribution is 2.36. The van der Waals surface area contributed by atoms with Gasteiger partial charge in [-0.1, -0.05) is 24.2 Å². The molecule has 0 amide bonds. The third-order valence-electron chi connectivity index (χ3n) is 3.71. The van der Waals surface area contributed by atoms with Crippen LogP contribution in [0.5, 0.6) is 0 Å². The smallest absolute Gasteiger partial charge is 0.227 e. The minimum atomic E-state index is -0.378. The minimum Gasteiger partial charge on any atom is -0.339 e. The molecule has 7 heteroatoms. The predicted molar refractivity (Wildman–Crippen MR) is 69.8 cm³/mol. The lowest BCUT2D eigenvalue weighted by Gasteiger charge is -2.34. The molecule has 1 fully saturated rings. The lowest BCUT2D eigenvalue weighted by Crippen LogP contribution is -2.44. The number of rotatable bonds is 5. The second-order valence-corrected chi connectivity index (χ2v) is 5.72. The molecule has 2 aromatic heterocycles. The van der Waals surface area contributed by atoms with Crippen LogP contribution in [0.4, 0.5) is 0 Å². The number of nitrogens with zero attached hydrogens (tertiary/aromatic N) is 4. The molecule has 0 radical (unpaired) electrons. The molecule has 2 N–H and O–H groups in total. The Morgan fingerprint density at radius 2 is 1.75 bits per heavy atom. The van der Waals surface area contributed by atoms with Gasteiger partial charge >= 0.3 is 0 Å². The van der Waals surface area contributed by atoms with Crippen molar-refractivity contribution in [3.63, 3.8) is 0 Å². The topological polar surface area (TPSA) is 104 Å². The van der Waals surface area contributed by atoms with Crippen LogP contribution in [0.25, 0.3) is 0 Å². The average Bonchev–Trinajstić information content (AvgIpc) is 3.02. The van der Waals surface area contributed by atoms with E-state index in [0.717, 1.165) is 25.1 Å². The zero-order valence-corrected chi connectivity index (χ0v) is 11.8. The van der Waals surface area contributed by atoms with Gasteiger partial charge < -0.3 is 14.8 Å². The van der Waals surface area contributed by atoms with Crippen LogP contribution in [0, 0.1) is 0 Å². The maximum atomic E-state index is 6.16. The van der Waals surface area contributed by atoms with E-state index in [2.05, 4.69) is 20.3 Å². The van der Waals surface area contributed by atoms with Crippen molar-refractivity contribution in [1.29, 1.82) is 0 Å². The third-order valence-corrected chi connectivity index (χ3v) is 3.71. The molecule has 0 aromatic carbocycles. The molecular formula is C13H19N5O2. The maximum absolute atomic E-state index is 6.16. The van der Waals surface area contributed by atoms with E-state index in [-0.39, 0.29) is 11.5 Å². The highest BCUT2D eigenvalue weighted by molar-refractivity contribution is 5.08. The Bertz CT molecular complexity index is 585. The van der Waals surface area contributed by atoms with Crippen molar-refractivity contribution in [1.82, 2.24) is 20.3 Å². The van der Waals surface area contributed by atoms with E-state index in [9.17, 15) is 0 Å². The highest BCUT2D eigenvalue weighted by Gasteiger charge is 2.38. The normalized spacial score (nSPS) is 17.4. The number of aromatic nitrogens is 4. The summed E-state index contributed by atoms with van der Waals surface area (Å²) in [6, 6.07) is 0. The summed E-state index contributed by atoms with van der Waals surface area (Å²) in [4.78, 5) is 8.68. The lowest BCUT2D eigenvalue weighted by atomic mass is 9.77. The van der Waals surface area contributed by atoms with Gasteiger partial charge in [-0.3, -0.25) is 0 Å². The molecule has 1 saturated carbocycles. The van der Waals surface area contributed by atoms with Crippen molar-refractivity contribution in [2.45, 2.75) is 57.4 Å². The van der Waals surface area contributed by atoms with E-state index >= 15 is 0 Å². The monoisotopic (exact) mass is 277 g/mol. The summed E-state index contributed by atoms with van der Waals surface area (Å²) >= 11 is 0.